The largest absolute Gasteiger partial charge is 0.293 e. The summed E-state index contributed by atoms with van der Waals surface area (Å²) in [6.07, 6.45) is 0. The van der Waals surface area contributed by atoms with Gasteiger partial charge >= 0.3 is 0 Å². The van der Waals surface area contributed by atoms with Crippen LogP contribution < -0.4 is 0 Å². The first-order valence-electron chi connectivity index (χ1n) is 5.12. The molecule has 1 unspecified atom stereocenters. The van der Waals surface area contributed by atoms with Crippen molar-refractivity contribution >= 4 is 28.2 Å². The van der Waals surface area contributed by atoms with Crippen molar-refractivity contribution in [2.75, 3.05) is 11.5 Å². The third-order valence-electron chi connectivity index (χ3n) is 1.96. The molecule has 4 heteroatoms. The van der Waals surface area contributed by atoms with Crippen molar-refractivity contribution in [1.29, 1.82) is 0 Å². The summed E-state index contributed by atoms with van der Waals surface area (Å²) in [5, 5.41) is 0.528. The summed E-state index contributed by atoms with van der Waals surface area (Å²) in [6.45, 7) is 3.98. The van der Waals surface area contributed by atoms with Crippen molar-refractivity contribution in [2.24, 2.45) is 5.92 Å². The van der Waals surface area contributed by atoms with Crippen LogP contribution in [0.2, 0.25) is 5.02 Å². The maximum Gasteiger partial charge on any atom is 0.175 e. The van der Waals surface area contributed by atoms with Crippen molar-refractivity contribution in [1.82, 2.24) is 0 Å². The molecule has 0 aliphatic heterocycles. The number of benzene rings is 1. The minimum absolute atomic E-state index is 0.0819. The maximum absolute atomic E-state index is 11.7. The van der Waals surface area contributed by atoms with Crippen LogP contribution >= 0.6 is 11.6 Å². The monoisotopic (exact) mass is 258 g/mol. The standard InChI is InChI=1S/C12H15ClO2S/c1-9(2)7-16(15)8-12(14)10-4-3-5-11(13)6-10/h3-6,9H,7-8H2,1-2H3. The highest BCUT2D eigenvalue weighted by atomic mass is 35.5. The van der Waals surface area contributed by atoms with E-state index in [0.717, 1.165) is 0 Å². The lowest BCUT2D eigenvalue weighted by molar-refractivity contribution is 0.102. The van der Waals surface area contributed by atoms with Crippen LogP contribution in [0.1, 0.15) is 24.2 Å². The van der Waals surface area contributed by atoms with Crippen LogP contribution in [0.25, 0.3) is 0 Å². The van der Waals surface area contributed by atoms with Gasteiger partial charge in [-0.05, 0) is 18.1 Å². The molecule has 1 atom stereocenters. The average Bonchev–Trinajstić information content (AvgIpc) is 2.16. The molecule has 0 aromatic heterocycles. The molecule has 0 saturated carbocycles. The second-order valence-corrected chi connectivity index (χ2v) is 6.02. The van der Waals surface area contributed by atoms with Crippen molar-refractivity contribution in [3.8, 4) is 0 Å². The first-order valence-corrected chi connectivity index (χ1v) is 6.99. The molecule has 0 N–H and O–H groups in total. The second-order valence-electron chi connectivity index (χ2n) is 4.08. The molecular weight excluding hydrogens is 244 g/mol. The van der Waals surface area contributed by atoms with E-state index in [1.165, 1.54) is 0 Å². The van der Waals surface area contributed by atoms with E-state index < -0.39 is 10.8 Å². The van der Waals surface area contributed by atoms with E-state index in [1.807, 2.05) is 13.8 Å². The van der Waals surface area contributed by atoms with Gasteiger partial charge in [-0.2, -0.15) is 0 Å². The zero-order valence-corrected chi connectivity index (χ0v) is 11.0. The second kappa shape index (κ2) is 6.16. The van der Waals surface area contributed by atoms with Crippen LogP contribution in [0.15, 0.2) is 24.3 Å². The summed E-state index contributed by atoms with van der Waals surface area (Å²) in [7, 11) is -1.08. The number of rotatable bonds is 5. The van der Waals surface area contributed by atoms with Crippen LogP contribution in [-0.4, -0.2) is 21.5 Å². The number of halogens is 1. The molecule has 0 saturated heterocycles. The molecule has 88 valence electrons. The lowest BCUT2D eigenvalue weighted by atomic mass is 10.1. The van der Waals surface area contributed by atoms with Gasteiger partial charge in [0.1, 0.15) is 0 Å². The number of Topliss-reactive ketones (excluding diaryl/α,β-unsaturated/α-hetero) is 1. The Hall–Kier alpha value is -0.670. The summed E-state index contributed by atoms with van der Waals surface area (Å²) < 4.78 is 11.6. The number of hydrogen-bond donors (Lipinski definition) is 0. The van der Waals surface area contributed by atoms with Crippen molar-refractivity contribution in [3.63, 3.8) is 0 Å². The summed E-state index contributed by atoms with van der Waals surface area (Å²) in [5.74, 6) is 0.875. The van der Waals surface area contributed by atoms with Crippen LogP contribution in [0.4, 0.5) is 0 Å². The highest BCUT2D eigenvalue weighted by Crippen LogP contribution is 2.11. The average molecular weight is 259 g/mol. The first kappa shape index (κ1) is 13.4. The molecule has 0 aliphatic carbocycles. The lowest BCUT2D eigenvalue weighted by Gasteiger charge is -2.04. The normalized spacial score (nSPS) is 12.8. The lowest BCUT2D eigenvalue weighted by Crippen LogP contribution is -2.15. The van der Waals surface area contributed by atoms with Gasteiger partial charge < -0.3 is 0 Å². The van der Waals surface area contributed by atoms with Gasteiger partial charge in [-0.25, -0.2) is 0 Å². The quantitative estimate of drug-likeness (QED) is 0.761. The smallest absolute Gasteiger partial charge is 0.175 e. The van der Waals surface area contributed by atoms with Gasteiger partial charge in [-0.1, -0.05) is 37.6 Å². The predicted octanol–water partition coefficient (Wildman–Crippen LogP) is 2.93. The topological polar surface area (TPSA) is 34.1 Å². The summed E-state index contributed by atoms with van der Waals surface area (Å²) in [4.78, 5) is 11.7. The van der Waals surface area contributed by atoms with Crippen LogP contribution in [0, 0.1) is 5.92 Å². The molecule has 1 aromatic carbocycles. The summed E-state index contributed by atoms with van der Waals surface area (Å²) in [5.41, 5.74) is 0.532. The summed E-state index contributed by atoms with van der Waals surface area (Å²) >= 11 is 5.78. The van der Waals surface area contributed by atoms with Crippen LogP contribution in [0.3, 0.4) is 0 Å². The van der Waals surface area contributed by atoms with Crippen molar-refractivity contribution in [2.45, 2.75) is 13.8 Å². The highest BCUT2D eigenvalue weighted by molar-refractivity contribution is 7.85. The van der Waals surface area contributed by atoms with Gasteiger partial charge in [0.2, 0.25) is 0 Å². The van der Waals surface area contributed by atoms with E-state index in [1.54, 1.807) is 24.3 Å². The third kappa shape index (κ3) is 4.45. The summed E-state index contributed by atoms with van der Waals surface area (Å²) in [6, 6.07) is 6.74. The molecule has 1 rings (SSSR count). The first-order chi connectivity index (χ1) is 7.49. The fourth-order valence-electron chi connectivity index (χ4n) is 1.32. The third-order valence-corrected chi connectivity index (χ3v) is 3.82. The van der Waals surface area contributed by atoms with Crippen molar-refractivity contribution in [3.05, 3.63) is 34.9 Å². The molecule has 0 heterocycles. The molecule has 0 fully saturated rings. The maximum atomic E-state index is 11.7. The SMILES string of the molecule is CC(C)CS(=O)CC(=O)c1cccc(Cl)c1. The predicted molar refractivity (Wildman–Crippen MR) is 68.5 cm³/mol. The number of carbonyl (C=O) groups is 1. The molecular formula is C12H15ClO2S. The Bertz CT molecular complexity index is 402. The van der Waals surface area contributed by atoms with E-state index in [4.69, 9.17) is 11.6 Å². The molecule has 0 aliphatic rings. The van der Waals surface area contributed by atoms with E-state index in [0.29, 0.717) is 22.3 Å². The van der Waals surface area contributed by atoms with Gasteiger partial charge in [0.25, 0.3) is 0 Å². The Morgan fingerprint density at radius 1 is 1.44 bits per heavy atom. The van der Waals surface area contributed by atoms with Crippen molar-refractivity contribution < 1.29 is 9.00 Å². The number of carbonyl (C=O) groups excluding carboxylic acids is 1. The molecule has 0 radical (unpaired) electrons. The van der Waals surface area contributed by atoms with Gasteiger partial charge in [0.15, 0.2) is 5.78 Å². The van der Waals surface area contributed by atoms with Gasteiger partial charge in [-0.3, -0.25) is 9.00 Å². The van der Waals surface area contributed by atoms with Crippen LogP contribution in [0.5, 0.6) is 0 Å². The Kier molecular flexibility index (Phi) is 5.16. The number of hydrogen-bond acceptors (Lipinski definition) is 2. The Balaban J connectivity index is 2.62. The fourth-order valence-corrected chi connectivity index (χ4v) is 2.83. The zero-order valence-electron chi connectivity index (χ0n) is 9.40. The Morgan fingerprint density at radius 2 is 2.12 bits per heavy atom. The molecule has 0 bridgehead atoms. The minimum Gasteiger partial charge on any atom is -0.293 e. The van der Waals surface area contributed by atoms with E-state index in [2.05, 4.69) is 0 Å². The molecule has 0 amide bonds. The molecule has 16 heavy (non-hydrogen) atoms. The molecule has 0 spiro atoms. The zero-order chi connectivity index (χ0) is 12.1. The Labute approximate surface area is 103 Å². The number of ketones is 1. The minimum atomic E-state index is -1.08. The highest BCUT2D eigenvalue weighted by Gasteiger charge is 2.11. The molecule has 1 aromatic rings. The van der Waals surface area contributed by atoms with Crippen LogP contribution in [-0.2, 0) is 10.8 Å². The van der Waals surface area contributed by atoms with Gasteiger partial charge in [0.05, 0.1) is 5.75 Å². The van der Waals surface area contributed by atoms with Gasteiger partial charge in [0, 0.05) is 27.1 Å². The fraction of sp³-hybridized carbons (Fsp3) is 0.417. The Morgan fingerprint density at radius 3 is 2.69 bits per heavy atom. The molecule has 2 nitrogen and oxygen atoms in total. The van der Waals surface area contributed by atoms with E-state index >= 15 is 0 Å². The van der Waals surface area contributed by atoms with E-state index in [9.17, 15) is 9.00 Å². The van der Waals surface area contributed by atoms with E-state index in [-0.39, 0.29) is 11.5 Å². The van der Waals surface area contributed by atoms with Gasteiger partial charge in [-0.15, -0.1) is 0 Å².